The summed E-state index contributed by atoms with van der Waals surface area (Å²) >= 11 is 0. The van der Waals surface area contributed by atoms with E-state index in [-0.39, 0.29) is 12.3 Å². The molecule has 0 heterocycles. The predicted octanol–water partition coefficient (Wildman–Crippen LogP) is 1.47. The summed E-state index contributed by atoms with van der Waals surface area (Å²) in [4.78, 5) is 23.5. The molecule has 0 spiro atoms. The second-order valence-electron chi connectivity index (χ2n) is 3.95. The molecule has 1 saturated carbocycles. The molecular weight excluding hydrogens is 208 g/mol. The summed E-state index contributed by atoms with van der Waals surface area (Å²) < 4.78 is 9.37. The number of esters is 2. The van der Waals surface area contributed by atoms with Crippen LogP contribution in [-0.4, -0.2) is 26.2 Å². The number of methoxy groups -OCH3 is 2. The molecule has 0 aliphatic heterocycles. The summed E-state index contributed by atoms with van der Waals surface area (Å²) in [5, 5.41) is 0. The number of ether oxygens (including phenoxy) is 2. The summed E-state index contributed by atoms with van der Waals surface area (Å²) in [5.74, 6) is -1.17. The third kappa shape index (κ3) is 1.75. The Morgan fingerprint density at radius 2 is 1.88 bits per heavy atom. The summed E-state index contributed by atoms with van der Waals surface area (Å²) in [5.41, 5.74) is -0.426. The molecule has 0 aromatic carbocycles. The molecule has 1 rings (SSSR count). The van der Waals surface area contributed by atoms with Gasteiger partial charge in [-0.15, -0.1) is 6.58 Å². The Balaban J connectivity index is 3.09. The molecule has 88 valence electrons. The van der Waals surface area contributed by atoms with Crippen LogP contribution in [0.1, 0.15) is 12.8 Å². The van der Waals surface area contributed by atoms with Crippen molar-refractivity contribution in [1.82, 2.24) is 0 Å². The molecule has 4 heteroatoms. The standard InChI is InChI=1S/C12H16O4/c1-5-9-7-12(6-8(9)2,10(13)15-3)11(14)16-4/h5,9H,1-2,6-7H2,3-4H3. The zero-order valence-corrected chi connectivity index (χ0v) is 9.62. The second-order valence-corrected chi connectivity index (χ2v) is 3.95. The van der Waals surface area contributed by atoms with Crippen molar-refractivity contribution in [3.8, 4) is 0 Å². The first-order valence-electron chi connectivity index (χ1n) is 4.99. The van der Waals surface area contributed by atoms with Gasteiger partial charge in [-0.25, -0.2) is 0 Å². The van der Waals surface area contributed by atoms with Gasteiger partial charge in [0.2, 0.25) is 0 Å². The molecule has 1 unspecified atom stereocenters. The minimum Gasteiger partial charge on any atom is -0.468 e. The van der Waals surface area contributed by atoms with Crippen molar-refractivity contribution in [2.45, 2.75) is 12.8 Å². The lowest BCUT2D eigenvalue weighted by molar-refractivity contribution is -0.168. The third-order valence-electron chi connectivity index (χ3n) is 3.06. The van der Waals surface area contributed by atoms with E-state index >= 15 is 0 Å². The lowest BCUT2D eigenvalue weighted by Crippen LogP contribution is -2.39. The Hall–Kier alpha value is -1.58. The molecule has 1 aliphatic carbocycles. The molecule has 0 aromatic heterocycles. The number of hydrogen-bond acceptors (Lipinski definition) is 4. The summed E-state index contributed by atoms with van der Waals surface area (Å²) in [6, 6.07) is 0. The van der Waals surface area contributed by atoms with Gasteiger partial charge in [-0.05, 0) is 18.8 Å². The highest BCUT2D eigenvalue weighted by Crippen LogP contribution is 2.46. The second kappa shape index (κ2) is 4.51. The first kappa shape index (κ1) is 12.5. The summed E-state index contributed by atoms with van der Waals surface area (Å²) in [7, 11) is 2.52. The lowest BCUT2D eigenvalue weighted by atomic mass is 9.85. The van der Waals surface area contributed by atoms with Crippen LogP contribution in [-0.2, 0) is 19.1 Å². The predicted molar refractivity (Wildman–Crippen MR) is 58.5 cm³/mol. The Bertz CT molecular complexity index is 327. The van der Waals surface area contributed by atoms with Gasteiger partial charge >= 0.3 is 11.9 Å². The van der Waals surface area contributed by atoms with Gasteiger partial charge in [0.15, 0.2) is 5.41 Å². The molecule has 1 atom stereocenters. The molecule has 1 aliphatic rings. The zero-order chi connectivity index (χ0) is 12.3. The van der Waals surface area contributed by atoms with E-state index in [2.05, 4.69) is 22.6 Å². The van der Waals surface area contributed by atoms with Crippen LogP contribution < -0.4 is 0 Å². The van der Waals surface area contributed by atoms with E-state index in [0.29, 0.717) is 6.42 Å². The Morgan fingerprint density at radius 3 is 2.19 bits per heavy atom. The van der Waals surface area contributed by atoms with Gasteiger partial charge in [0, 0.05) is 0 Å². The van der Waals surface area contributed by atoms with E-state index in [1.165, 1.54) is 14.2 Å². The molecular formula is C12H16O4. The zero-order valence-electron chi connectivity index (χ0n) is 9.62. The van der Waals surface area contributed by atoms with Gasteiger partial charge in [0.25, 0.3) is 0 Å². The fourth-order valence-electron chi connectivity index (χ4n) is 2.15. The highest BCUT2D eigenvalue weighted by molar-refractivity contribution is 6.01. The van der Waals surface area contributed by atoms with Crippen LogP contribution in [0.15, 0.2) is 24.8 Å². The summed E-state index contributed by atoms with van der Waals surface area (Å²) in [6.45, 7) is 7.51. The quantitative estimate of drug-likeness (QED) is 0.414. The van der Waals surface area contributed by atoms with E-state index in [1.807, 2.05) is 0 Å². The maximum Gasteiger partial charge on any atom is 0.323 e. The largest absolute Gasteiger partial charge is 0.468 e. The number of carbonyl (C=O) groups is 2. The van der Waals surface area contributed by atoms with Crippen molar-refractivity contribution < 1.29 is 19.1 Å². The maximum atomic E-state index is 11.7. The summed E-state index contributed by atoms with van der Waals surface area (Å²) in [6.07, 6.45) is 2.29. The van der Waals surface area contributed by atoms with Gasteiger partial charge in [0.05, 0.1) is 14.2 Å². The number of allylic oxidation sites excluding steroid dienone is 2. The van der Waals surface area contributed by atoms with Gasteiger partial charge in [-0.1, -0.05) is 18.2 Å². The number of hydrogen-bond donors (Lipinski definition) is 0. The number of carbonyl (C=O) groups excluding carboxylic acids is 2. The molecule has 0 amide bonds. The van der Waals surface area contributed by atoms with Crippen molar-refractivity contribution in [3.05, 3.63) is 24.8 Å². The van der Waals surface area contributed by atoms with Crippen LogP contribution in [0.3, 0.4) is 0 Å². The fourth-order valence-corrected chi connectivity index (χ4v) is 2.15. The highest BCUT2D eigenvalue weighted by Gasteiger charge is 2.54. The average molecular weight is 224 g/mol. The van der Waals surface area contributed by atoms with Crippen molar-refractivity contribution in [3.63, 3.8) is 0 Å². The van der Waals surface area contributed by atoms with Crippen LogP contribution in [0, 0.1) is 11.3 Å². The van der Waals surface area contributed by atoms with Gasteiger partial charge in [0.1, 0.15) is 0 Å². The lowest BCUT2D eigenvalue weighted by Gasteiger charge is -2.22. The maximum absolute atomic E-state index is 11.7. The normalized spacial score (nSPS) is 22.6. The first-order chi connectivity index (χ1) is 7.51. The van der Waals surface area contributed by atoms with E-state index < -0.39 is 17.4 Å². The average Bonchev–Trinajstić information content (AvgIpc) is 2.65. The Labute approximate surface area is 94.9 Å². The third-order valence-corrected chi connectivity index (χ3v) is 3.06. The van der Waals surface area contributed by atoms with E-state index in [9.17, 15) is 9.59 Å². The van der Waals surface area contributed by atoms with Crippen molar-refractivity contribution >= 4 is 11.9 Å². The molecule has 4 nitrogen and oxygen atoms in total. The van der Waals surface area contributed by atoms with Crippen molar-refractivity contribution in [2.24, 2.45) is 11.3 Å². The van der Waals surface area contributed by atoms with Gasteiger partial charge in [-0.3, -0.25) is 9.59 Å². The van der Waals surface area contributed by atoms with Crippen LogP contribution in [0.4, 0.5) is 0 Å². The smallest absolute Gasteiger partial charge is 0.323 e. The molecule has 0 bridgehead atoms. The van der Waals surface area contributed by atoms with Gasteiger partial charge in [-0.2, -0.15) is 0 Å². The van der Waals surface area contributed by atoms with E-state index in [1.54, 1.807) is 6.08 Å². The molecule has 1 fully saturated rings. The molecule has 0 saturated heterocycles. The topological polar surface area (TPSA) is 52.6 Å². The van der Waals surface area contributed by atoms with Gasteiger partial charge < -0.3 is 9.47 Å². The minimum absolute atomic E-state index is 0.0433. The fraction of sp³-hybridized carbons (Fsp3) is 0.500. The molecule has 0 N–H and O–H groups in total. The van der Waals surface area contributed by atoms with Crippen molar-refractivity contribution in [2.75, 3.05) is 14.2 Å². The molecule has 0 radical (unpaired) electrons. The van der Waals surface area contributed by atoms with Crippen molar-refractivity contribution in [1.29, 1.82) is 0 Å². The molecule has 16 heavy (non-hydrogen) atoms. The monoisotopic (exact) mass is 224 g/mol. The van der Waals surface area contributed by atoms with Crippen LogP contribution in [0.25, 0.3) is 0 Å². The number of rotatable bonds is 3. The van der Waals surface area contributed by atoms with Crippen LogP contribution in [0.2, 0.25) is 0 Å². The Morgan fingerprint density at radius 1 is 1.38 bits per heavy atom. The van der Waals surface area contributed by atoms with E-state index in [0.717, 1.165) is 5.57 Å². The highest BCUT2D eigenvalue weighted by atomic mass is 16.5. The van der Waals surface area contributed by atoms with Crippen LogP contribution >= 0.6 is 0 Å². The molecule has 0 aromatic rings. The van der Waals surface area contributed by atoms with E-state index in [4.69, 9.17) is 0 Å². The minimum atomic E-state index is -1.24. The first-order valence-corrected chi connectivity index (χ1v) is 4.99. The SMILES string of the molecule is C=CC1CC(C(=O)OC)(C(=O)OC)CC1=C. The Kier molecular flexibility index (Phi) is 3.52. The van der Waals surface area contributed by atoms with Crippen LogP contribution in [0.5, 0.6) is 0 Å².